The molecule has 1 aromatic heterocycles. The van der Waals surface area contributed by atoms with Gasteiger partial charge in [0.2, 0.25) is 0 Å². The smallest absolute Gasteiger partial charge is 0.343 e. The van der Waals surface area contributed by atoms with Crippen molar-refractivity contribution in [1.29, 1.82) is 0 Å². The molecule has 0 fully saturated rings. The standard InChI is InChI=1S/C16H16N4O4S/c1-23-15(22)10-24-13-5-2-4-12(8-13)9-19-20-14(21)11-25-16-17-6-3-7-18-16/h2-9H,10-11H2,1H3,(H,20,21)/b19-9-. The Morgan fingerprint density at radius 2 is 2.08 bits per heavy atom. The fourth-order valence-electron chi connectivity index (χ4n) is 1.59. The lowest BCUT2D eigenvalue weighted by molar-refractivity contribution is -0.142. The molecular weight excluding hydrogens is 344 g/mol. The molecule has 0 aliphatic rings. The van der Waals surface area contributed by atoms with Gasteiger partial charge in [-0.05, 0) is 23.8 Å². The van der Waals surface area contributed by atoms with Crippen molar-refractivity contribution in [3.05, 3.63) is 48.3 Å². The molecule has 130 valence electrons. The Balaban J connectivity index is 1.79. The molecule has 2 rings (SSSR count). The van der Waals surface area contributed by atoms with Crippen LogP contribution in [0.2, 0.25) is 0 Å². The van der Waals surface area contributed by atoms with Crippen molar-refractivity contribution in [2.45, 2.75) is 5.16 Å². The molecule has 0 aliphatic heterocycles. The number of aromatic nitrogens is 2. The molecule has 0 unspecified atom stereocenters. The number of nitrogens with zero attached hydrogens (tertiary/aromatic N) is 3. The first-order valence-electron chi connectivity index (χ1n) is 7.19. The zero-order valence-corrected chi connectivity index (χ0v) is 14.2. The van der Waals surface area contributed by atoms with Crippen LogP contribution in [0, 0.1) is 0 Å². The maximum atomic E-state index is 11.7. The molecule has 9 heteroatoms. The first-order valence-corrected chi connectivity index (χ1v) is 8.17. The highest BCUT2D eigenvalue weighted by atomic mass is 32.2. The van der Waals surface area contributed by atoms with Crippen LogP contribution in [0.25, 0.3) is 0 Å². The summed E-state index contributed by atoms with van der Waals surface area (Å²) < 4.78 is 9.77. The van der Waals surface area contributed by atoms with E-state index in [-0.39, 0.29) is 18.3 Å². The first-order chi connectivity index (χ1) is 12.2. The van der Waals surface area contributed by atoms with Gasteiger partial charge in [0, 0.05) is 12.4 Å². The third-order valence-electron chi connectivity index (χ3n) is 2.72. The molecule has 1 amide bonds. The van der Waals surface area contributed by atoms with Crippen LogP contribution in [-0.4, -0.2) is 47.5 Å². The minimum atomic E-state index is -0.466. The van der Waals surface area contributed by atoms with E-state index >= 15 is 0 Å². The van der Waals surface area contributed by atoms with Crippen LogP contribution in [0.5, 0.6) is 5.75 Å². The molecular formula is C16H16N4O4S. The Bertz CT molecular complexity index is 740. The maximum absolute atomic E-state index is 11.7. The second-order valence-corrected chi connectivity index (χ2v) is 5.49. The van der Waals surface area contributed by atoms with Crippen molar-refractivity contribution in [2.75, 3.05) is 19.5 Å². The second-order valence-electron chi connectivity index (χ2n) is 4.55. The fourth-order valence-corrected chi connectivity index (χ4v) is 2.18. The zero-order valence-electron chi connectivity index (χ0n) is 13.4. The van der Waals surface area contributed by atoms with Gasteiger partial charge in [-0.3, -0.25) is 4.79 Å². The van der Waals surface area contributed by atoms with Crippen LogP contribution >= 0.6 is 11.8 Å². The maximum Gasteiger partial charge on any atom is 0.343 e. The van der Waals surface area contributed by atoms with Crippen LogP contribution in [-0.2, 0) is 14.3 Å². The average molecular weight is 360 g/mol. The van der Waals surface area contributed by atoms with Gasteiger partial charge in [0.05, 0.1) is 19.1 Å². The number of benzene rings is 1. The summed E-state index contributed by atoms with van der Waals surface area (Å²) in [6.45, 7) is -0.174. The third kappa shape index (κ3) is 7.00. The molecule has 0 atom stereocenters. The van der Waals surface area contributed by atoms with E-state index < -0.39 is 5.97 Å². The molecule has 8 nitrogen and oxygen atoms in total. The molecule has 1 aromatic carbocycles. The minimum absolute atomic E-state index is 0.156. The third-order valence-corrected chi connectivity index (χ3v) is 3.60. The number of carbonyl (C=O) groups is 2. The van der Waals surface area contributed by atoms with Crippen LogP contribution in [0.1, 0.15) is 5.56 Å². The van der Waals surface area contributed by atoms with Gasteiger partial charge in [0.25, 0.3) is 5.91 Å². The number of rotatable bonds is 8. The summed E-state index contributed by atoms with van der Waals surface area (Å²) in [5.41, 5.74) is 3.13. The molecule has 1 N–H and O–H groups in total. The predicted molar refractivity (Wildman–Crippen MR) is 92.4 cm³/mol. The van der Waals surface area contributed by atoms with Crippen molar-refractivity contribution < 1.29 is 19.1 Å². The quantitative estimate of drug-likeness (QED) is 0.249. The van der Waals surface area contributed by atoms with Crippen molar-refractivity contribution >= 4 is 29.9 Å². The van der Waals surface area contributed by atoms with E-state index in [0.717, 1.165) is 0 Å². The summed E-state index contributed by atoms with van der Waals surface area (Å²) in [6.07, 6.45) is 4.70. The van der Waals surface area contributed by atoms with Crippen LogP contribution in [0.3, 0.4) is 0 Å². The lowest BCUT2D eigenvalue weighted by Gasteiger charge is -2.05. The van der Waals surface area contributed by atoms with E-state index in [2.05, 4.69) is 25.2 Å². The number of esters is 1. The van der Waals surface area contributed by atoms with Gasteiger partial charge < -0.3 is 9.47 Å². The van der Waals surface area contributed by atoms with E-state index in [1.54, 1.807) is 42.7 Å². The highest BCUT2D eigenvalue weighted by Gasteiger charge is 2.04. The molecule has 2 aromatic rings. The van der Waals surface area contributed by atoms with E-state index in [1.807, 2.05) is 0 Å². The van der Waals surface area contributed by atoms with Gasteiger partial charge in [0.1, 0.15) is 5.75 Å². The number of carbonyl (C=O) groups excluding carboxylic acids is 2. The molecule has 0 saturated heterocycles. The fraction of sp³-hybridized carbons (Fsp3) is 0.188. The van der Waals surface area contributed by atoms with Crippen molar-refractivity contribution in [3.8, 4) is 5.75 Å². The monoisotopic (exact) mass is 360 g/mol. The number of ether oxygens (including phenoxy) is 2. The predicted octanol–water partition coefficient (Wildman–Crippen LogP) is 1.27. The number of nitrogens with one attached hydrogen (secondary N) is 1. The highest BCUT2D eigenvalue weighted by molar-refractivity contribution is 7.99. The topological polar surface area (TPSA) is 103 Å². The van der Waals surface area contributed by atoms with Gasteiger partial charge in [-0.15, -0.1) is 0 Å². The van der Waals surface area contributed by atoms with Crippen molar-refractivity contribution in [2.24, 2.45) is 5.10 Å². The summed E-state index contributed by atoms with van der Waals surface area (Å²) in [6, 6.07) is 8.63. The summed E-state index contributed by atoms with van der Waals surface area (Å²) >= 11 is 1.22. The zero-order chi connectivity index (χ0) is 17.9. The Kier molecular flexibility index (Phi) is 7.39. The average Bonchev–Trinajstić information content (AvgIpc) is 2.65. The van der Waals surface area contributed by atoms with Crippen LogP contribution < -0.4 is 10.2 Å². The Morgan fingerprint density at radius 3 is 2.84 bits per heavy atom. The molecule has 25 heavy (non-hydrogen) atoms. The molecule has 0 saturated carbocycles. The number of thioether (sulfide) groups is 1. The molecule has 0 spiro atoms. The van der Waals surface area contributed by atoms with E-state index in [9.17, 15) is 9.59 Å². The number of amides is 1. The Hall–Kier alpha value is -2.94. The molecule has 0 radical (unpaired) electrons. The SMILES string of the molecule is COC(=O)COc1cccc(/C=N\NC(=O)CSc2ncccn2)c1. The largest absolute Gasteiger partial charge is 0.482 e. The Labute approximate surface area is 148 Å². The Morgan fingerprint density at radius 1 is 1.28 bits per heavy atom. The van der Waals surface area contributed by atoms with Gasteiger partial charge in [-0.2, -0.15) is 5.10 Å². The van der Waals surface area contributed by atoms with Gasteiger partial charge in [0.15, 0.2) is 11.8 Å². The molecule has 1 heterocycles. The number of methoxy groups -OCH3 is 1. The second kappa shape index (κ2) is 10.0. The highest BCUT2D eigenvalue weighted by Crippen LogP contribution is 2.12. The first kappa shape index (κ1) is 18.4. The van der Waals surface area contributed by atoms with Crippen molar-refractivity contribution in [1.82, 2.24) is 15.4 Å². The summed E-state index contributed by atoms with van der Waals surface area (Å²) in [5, 5.41) is 4.41. The molecule has 0 bridgehead atoms. The number of hydrogen-bond acceptors (Lipinski definition) is 8. The van der Waals surface area contributed by atoms with Gasteiger partial charge in [-0.1, -0.05) is 23.9 Å². The number of hydrazone groups is 1. The van der Waals surface area contributed by atoms with Crippen LogP contribution in [0.4, 0.5) is 0 Å². The summed E-state index contributed by atoms with van der Waals surface area (Å²) in [5.74, 6) is -0.0839. The van der Waals surface area contributed by atoms with Crippen LogP contribution in [0.15, 0.2) is 53.0 Å². The minimum Gasteiger partial charge on any atom is -0.482 e. The summed E-state index contributed by atoms with van der Waals surface area (Å²) in [4.78, 5) is 30.8. The van der Waals surface area contributed by atoms with E-state index in [4.69, 9.17) is 4.74 Å². The summed E-state index contributed by atoms with van der Waals surface area (Å²) in [7, 11) is 1.29. The molecule has 0 aliphatic carbocycles. The van der Waals surface area contributed by atoms with Gasteiger partial charge >= 0.3 is 5.97 Å². The normalized spacial score (nSPS) is 10.4. The van der Waals surface area contributed by atoms with E-state index in [0.29, 0.717) is 16.5 Å². The van der Waals surface area contributed by atoms with Crippen molar-refractivity contribution in [3.63, 3.8) is 0 Å². The lowest BCUT2D eigenvalue weighted by Crippen LogP contribution is -2.19. The number of hydrogen-bond donors (Lipinski definition) is 1. The van der Waals surface area contributed by atoms with Gasteiger partial charge in [-0.25, -0.2) is 20.2 Å². The lowest BCUT2D eigenvalue weighted by atomic mass is 10.2. The van der Waals surface area contributed by atoms with E-state index in [1.165, 1.54) is 25.1 Å².